The van der Waals surface area contributed by atoms with Crippen LogP contribution in [0.3, 0.4) is 0 Å². The molecule has 0 aliphatic rings. The fourth-order valence-electron chi connectivity index (χ4n) is 2.10. The summed E-state index contributed by atoms with van der Waals surface area (Å²) in [6, 6.07) is 9.57. The second kappa shape index (κ2) is 5.33. The third-order valence-corrected chi connectivity index (χ3v) is 4.29. The minimum atomic E-state index is -1.00. The molecule has 0 saturated carbocycles. The molecule has 0 atom stereocenters. The van der Waals surface area contributed by atoms with Gasteiger partial charge in [-0.2, -0.15) is 0 Å². The topological polar surface area (TPSA) is 17.1 Å². The number of carbonyl (C=O) groups is 1. The molecule has 0 saturated heterocycles. The van der Waals surface area contributed by atoms with Crippen LogP contribution in [0.25, 0.3) is 10.1 Å². The van der Waals surface area contributed by atoms with E-state index in [1.807, 2.05) is 0 Å². The first-order valence-electron chi connectivity index (χ1n) is 6.20. The van der Waals surface area contributed by atoms with Crippen LogP contribution in [0.4, 0.5) is 13.2 Å². The van der Waals surface area contributed by atoms with E-state index in [0.717, 1.165) is 10.8 Å². The molecular weight excluding hydrogens is 297 g/mol. The molecule has 0 spiro atoms. The van der Waals surface area contributed by atoms with Crippen molar-refractivity contribution < 1.29 is 18.0 Å². The van der Waals surface area contributed by atoms with Gasteiger partial charge in [-0.15, -0.1) is 11.3 Å². The second-order valence-corrected chi connectivity index (χ2v) is 5.69. The summed E-state index contributed by atoms with van der Waals surface area (Å²) in [6.45, 7) is 0. The van der Waals surface area contributed by atoms with Gasteiger partial charge in [-0.25, -0.2) is 13.2 Å². The summed E-state index contributed by atoms with van der Waals surface area (Å²) in [4.78, 5) is 12.6. The Morgan fingerprint density at radius 3 is 2.67 bits per heavy atom. The molecule has 3 rings (SSSR count). The molecule has 106 valence electrons. The maximum atomic E-state index is 13.6. The molecule has 0 fully saturated rings. The first kappa shape index (κ1) is 13.8. The second-order valence-electron chi connectivity index (χ2n) is 4.61. The third-order valence-electron chi connectivity index (χ3n) is 3.14. The minimum Gasteiger partial charge on any atom is -0.293 e. The van der Waals surface area contributed by atoms with Gasteiger partial charge in [0.25, 0.3) is 0 Å². The Morgan fingerprint density at radius 1 is 1.05 bits per heavy atom. The molecule has 1 heterocycles. The first-order valence-corrected chi connectivity index (χ1v) is 7.01. The number of rotatable bonds is 3. The van der Waals surface area contributed by atoms with Crippen molar-refractivity contribution in [3.63, 3.8) is 0 Å². The summed E-state index contributed by atoms with van der Waals surface area (Å²) in [5.74, 6) is -2.67. The van der Waals surface area contributed by atoms with Gasteiger partial charge in [0.05, 0.1) is 4.88 Å². The minimum absolute atomic E-state index is 0.0173. The molecule has 0 radical (unpaired) electrons. The fraction of sp³-hybridized carbons (Fsp3) is 0.0625. The Kier molecular flexibility index (Phi) is 3.51. The number of benzene rings is 2. The average molecular weight is 306 g/mol. The van der Waals surface area contributed by atoms with E-state index in [4.69, 9.17) is 0 Å². The number of Topliss-reactive ketones (excluding diaryl/α,β-unsaturated/α-hetero) is 1. The summed E-state index contributed by atoms with van der Waals surface area (Å²) in [6.07, 6.45) is -0.223. The van der Waals surface area contributed by atoms with E-state index in [1.165, 1.54) is 35.6 Å². The van der Waals surface area contributed by atoms with Gasteiger partial charge >= 0.3 is 0 Å². The molecule has 0 amide bonds. The van der Waals surface area contributed by atoms with Crippen molar-refractivity contribution in [2.45, 2.75) is 6.42 Å². The highest BCUT2D eigenvalue weighted by Gasteiger charge is 2.15. The maximum absolute atomic E-state index is 13.6. The first-order chi connectivity index (χ1) is 10.0. The molecule has 0 aliphatic carbocycles. The lowest BCUT2D eigenvalue weighted by Gasteiger charge is -2.01. The fourth-order valence-corrected chi connectivity index (χ4v) is 3.08. The highest BCUT2D eigenvalue weighted by Crippen LogP contribution is 2.27. The van der Waals surface area contributed by atoms with Crippen molar-refractivity contribution in [1.82, 2.24) is 0 Å². The van der Waals surface area contributed by atoms with Gasteiger partial charge in [0, 0.05) is 11.1 Å². The van der Waals surface area contributed by atoms with Gasteiger partial charge in [-0.1, -0.05) is 12.1 Å². The Bertz CT molecular complexity index is 839. The molecule has 21 heavy (non-hydrogen) atoms. The van der Waals surface area contributed by atoms with Crippen LogP contribution in [0.15, 0.2) is 42.5 Å². The van der Waals surface area contributed by atoms with E-state index in [1.54, 1.807) is 12.1 Å². The molecular formula is C16H9F3OS. The highest BCUT2D eigenvalue weighted by molar-refractivity contribution is 7.20. The normalized spacial score (nSPS) is 11.0. The number of hydrogen-bond donors (Lipinski definition) is 0. The largest absolute Gasteiger partial charge is 0.293 e. The van der Waals surface area contributed by atoms with E-state index in [2.05, 4.69) is 0 Å². The van der Waals surface area contributed by atoms with Gasteiger partial charge in [0.1, 0.15) is 5.82 Å². The lowest BCUT2D eigenvalue weighted by Crippen LogP contribution is -2.04. The molecule has 0 N–H and O–H groups in total. The number of halogens is 3. The van der Waals surface area contributed by atoms with Crippen LogP contribution >= 0.6 is 11.3 Å². The van der Waals surface area contributed by atoms with Crippen LogP contribution in [0.2, 0.25) is 0 Å². The predicted octanol–water partition coefficient (Wildman–Crippen LogP) is 4.74. The van der Waals surface area contributed by atoms with Gasteiger partial charge in [0.15, 0.2) is 17.4 Å². The number of thiophene rings is 1. The maximum Gasteiger partial charge on any atom is 0.177 e. The van der Waals surface area contributed by atoms with Crippen molar-refractivity contribution in [3.8, 4) is 0 Å². The monoisotopic (exact) mass is 306 g/mol. The van der Waals surface area contributed by atoms with Crippen LogP contribution in [0.1, 0.15) is 15.2 Å². The van der Waals surface area contributed by atoms with Crippen molar-refractivity contribution in [2.75, 3.05) is 0 Å². The van der Waals surface area contributed by atoms with E-state index in [0.29, 0.717) is 10.3 Å². The van der Waals surface area contributed by atoms with Crippen molar-refractivity contribution in [3.05, 3.63) is 70.4 Å². The van der Waals surface area contributed by atoms with Crippen LogP contribution in [-0.2, 0) is 6.42 Å². The molecule has 0 unspecified atom stereocenters. The Morgan fingerprint density at radius 2 is 1.86 bits per heavy atom. The summed E-state index contributed by atoms with van der Waals surface area (Å²) < 4.78 is 40.6. The summed E-state index contributed by atoms with van der Waals surface area (Å²) in [7, 11) is 0. The van der Waals surface area contributed by atoms with E-state index >= 15 is 0 Å². The van der Waals surface area contributed by atoms with E-state index < -0.39 is 11.6 Å². The lowest BCUT2D eigenvalue weighted by atomic mass is 10.1. The molecule has 0 bridgehead atoms. The van der Waals surface area contributed by atoms with Crippen LogP contribution in [-0.4, -0.2) is 5.78 Å². The zero-order chi connectivity index (χ0) is 15.0. The molecule has 2 aromatic carbocycles. The van der Waals surface area contributed by atoms with Crippen LogP contribution in [0, 0.1) is 17.5 Å². The van der Waals surface area contributed by atoms with E-state index in [9.17, 15) is 18.0 Å². The van der Waals surface area contributed by atoms with Crippen molar-refractivity contribution >= 4 is 27.2 Å². The lowest BCUT2D eigenvalue weighted by molar-refractivity contribution is 0.0995. The summed E-state index contributed by atoms with van der Waals surface area (Å²) >= 11 is 1.21. The number of ketones is 1. The van der Waals surface area contributed by atoms with Gasteiger partial charge in [0.2, 0.25) is 0 Å². The SMILES string of the molecule is O=C(Cc1cccc(F)c1F)c1cc2cc(F)ccc2s1. The van der Waals surface area contributed by atoms with Crippen LogP contribution < -0.4 is 0 Å². The Hall–Kier alpha value is -2.14. The Balaban J connectivity index is 1.91. The Labute approximate surface area is 122 Å². The molecule has 0 aliphatic heterocycles. The van der Waals surface area contributed by atoms with E-state index in [-0.39, 0.29) is 23.6 Å². The smallest absolute Gasteiger partial charge is 0.177 e. The molecule has 1 aromatic heterocycles. The zero-order valence-electron chi connectivity index (χ0n) is 10.7. The highest BCUT2D eigenvalue weighted by atomic mass is 32.1. The number of carbonyl (C=O) groups excluding carboxylic acids is 1. The molecule has 5 heteroatoms. The average Bonchev–Trinajstić information content (AvgIpc) is 2.87. The summed E-state index contributed by atoms with van der Waals surface area (Å²) in [5, 5.41) is 0.628. The third kappa shape index (κ3) is 2.69. The molecule has 3 aromatic rings. The molecule has 1 nitrogen and oxygen atoms in total. The van der Waals surface area contributed by atoms with Crippen LogP contribution in [0.5, 0.6) is 0 Å². The predicted molar refractivity (Wildman–Crippen MR) is 76.2 cm³/mol. The summed E-state index contributed by atoms with van der Waals surface area (Å²) in [5.41, 5.74) is 0.0173. The van der Waals surface area contributed by atoms with Crippen molar-refractivity contribution in [1.29, 1.82) is 0 Å². The standard InChI is InChI=1S/C16H9F3OS/c17-11-4-5-14-10(6-11)8-15(21-14)13(20)7-9-2-1-3-12(18)16(9)19/h1-6,8H,7H2. The van der Waals surface area contributed by atoms with Gasteiger partial charge in [-0.05, 0) is 41.3 Å². The van der Waals surface area contributed by atoms with Crippen molar-refractivity contribution in [2.24, 2.45) is 0 Å². The van der Waals surface area contributed by atoms with Gasteiger partial charge in [-0.3, -0.25) is 4.79 Å². The van der Waals surface area contributed by atoms with Gasteiger partial charge < -0.3 is 0 Å². The zero-order valence-corrected chi connectivity index (χ0v) is 11.5. The number of hydrogen-bond acceptors (Lipinski definition) is 2. The number of fused-ring (bicyclic) bond motifs is 1. The quantitative estimate of drug-likeness (QED) is 0.639.